The third kappa shape index (κ3) is 39.1. The first-order chi connectivity index (χ1) is 5.44. The van der Waals surface area contributed by atoms with Crippen LogP contribution in [0.1, 0.15) is 0 Å². The average Bonchev–Trinajstić information content (AvgIpc) is 1.47. The molecule has 0 spiro atoms. The molecule has 0 heterocycles. The van der Waals surface area contributed by atoms with Crippen LogP contribution in [0, 0.1) is 0 Å². The number of carboxylic acid groups (broad SMARTS) is 2. The number of hydrogen-bond donors (Lipinski definition) is 5. The van der Waals surface area contributed by atoms with Crippen molar-refractivity contribution in [2.75, 3.05) is 0 Å². The van der Waals surface area contributed by atoms with Gasteiger partial charge < -0.3 is 29.8 Å². The predicted molar refractivity (Wildman–Crippen MR) is 33.6 cm³/mol. The van der Waals surface area contributed by atoms with Gasteiger partial charge in [0.05, 0.1) is 0 Å². The second-order valence-electron chi connectivity index (χ2n) is 1.32. The van der Waals surface area contributed by atoms with Crippen molar-refractivity contribution in [2.45, 2.75) is 0 Å². The van der Waals surface area contributed by atoms with Crippen molar-refractivity contribution in [2.24, 2.45) is 0 Å². The maximum atomic E-state index is 9.59. The van der Waals surface area contributed by atoms with E-state index in [0.717, 1.165) is 0 Å². The Balaban J connectivity index is -0.000000209. The molecule has 0 fully saturated rings. The fraction of sp³-hybridized carbons (Fsp3) is 0. The van der Waals surface area contributed by atoms with E-state index in [-0.39, 0.29) is 29.6 Å². The molecule has 0 aliphatic carbocycles. The van der Waals surface area contributed by atoms with E-state index >= 15 is 0 Å². The van der Waals surface area contributed by atoms with Gasteiger partial charge in [-0.1, -0.05) is 0 Å². The molecule has 0 saturated carbocycles. The molecule has 0 saturated heterocycles. The van der Waals surface area contributed by atoms with Crippen LogP contribution < -0.4 is 34.5 Å². The summed E-state index contributed by atoms with van der Waals surface area (Å²) in [4.78, 5) is 41.1. The van der Waals surface area contributed by atoms with Crippen LogP contribution in [0.5, 0.6) is 0 Å². The molecule has 0 bridgehead atoms. The zero-order chi connectivity index (χ0) is 11.3. The quantitative estimate of drug-likeness (QED) is 0.241. The predicted octanol–water partition coefficient (Wildman–Crippen LogP) is -4.22. The molecule has 80 valence electrons. The van der Waals surface area contributed by atoms with Crippen molar-refractivity contribution in [3.8, 4) is 0 Å². The Hall–Kier alpha value is 0.530. The molecule has 5 N–H and O–H groups in total. The van der Waals surface area contributed by atoms with Crippen LogP contribution >= 0.6 is 15.6 Å². The Bertz CT molecular complexity index is 223. The Morgan fingerprint density at radius 1 is 1.14 bits per heavy atom. The third-order valence-electron chi connectivity index (χ3n) is 0.210. The van der Waals surface area contributed by atoms with Crippen LogP contribution in [0.25, 0.3) is 0 Å². The summed E-state index contributed by atoms with van der Waals surface area (Å²) < 4.78 is 21.9. The van der Waals surface area contributed by atoms with Crippen molar-refractivity contribution >= 4 is 21.8 Å². The molecule has 0 amide bonds. The zero-order valence-corrected chi connectivity index (χ0v) is 10.5. The Morgan fingerprint density at radius 2 is 1.36 bits per heavy atom. The first kappa shape index (κ1) is 20.0. The van der Waals surface area contributed by atoms with E-state index in [1.807, 2.05) is 0 Å². The molecule has 0 aromatic rings. The van der Waals surface area contributed by atoms with Gasteiger partial charge in [0.25, 0.3) is 7.82 Å². The number of phosphoric acid groups is 2. The molecule has 0 aromatic heterocycles. The van der Waals surface area contributed by atoms with Crippen LogP contribution in [-0.4, -0.2) is 31.0 Å². The Kier molecular flexibility index (Phi) is 11.1. The van der Waals surface area contributed by atoms with Crippen molar-refractivity contribution in [3.63, 3.8) is 0 Å². The summed E-state index contributed by atoms with van der Waals surface area (Å²) in [5, 5.41) is 13.9. The summed E-state index contributed by atoms with van der Waals surface area (Å²) in [7, 11) is -10.4. The molecule has 1 unspecified atom stereocenters. The molecule has 14 heavy (non-hydrogen) atoms. The summed E-state index contributed by atoms with van der Waals surface area (Å²) in [6.45, 7) is 0. The monoisotopic (exact) mass is 262 g/mol. The minimum atomic E-state index is -5.30. The maximum Gasteiger partial charge on any atom is 1.00 e. The van der Waals surface area contributed by atoms with Crippen molar-refractivity contribution in [3.05, 3.63) is 0 Å². The van der Waals surface area contributed by atoms with Gasteiger partial charge in [-0.2, -0.15) is 0 Å². The average molecular weight is 262 g/mol. The van der Waals surface area contributed by atoms with Gasteiger partial charge in [0.2, 0.25) is 0 Å². The van der Waals surface area contributed by atoms with Gasteiger partial charge in [0.15, 0.2) is 0 Å². The van der Waals surface area contributed by atoms with Crippen LogP contribution in [0.3, 0.4) is 0 Å². The first-order valence-electron chi connectivity index (χ1n) is 2.16. The normalized spacial score (nSPS) is 14.0. The smallest absolute Gasteiger partial charge is 0.756 e. The van der Waals surface area contributed by atoms with Gasteiger partial charge in [-0.25, -0.2) is 13.7 Å². The van der Waals surface area contributed by atoms with Crippen molar-refractivity contribution in [1.82, 2.24) is 0 Å². The van der Waals surface area contributed by atoms with Gasteiger partial charge >= 0.3 is 43.5 Å². The second kappa shape index (κ2) is 7.77. The van der Waals surface area contributed by atoms with E-state index in [0.29, 0.717) is 0 Å². The summed E-state index contributed by atoms with van der Waals surface area (Å²) in [6.07, 6.45) is -1.83. The van der Waals surface area contributed by atoms with E-state index in [1.165, 1.54) is 0 Å². The van der Waals surface area contributed by atoms with Gasteiger partial charge in [-0.05, 0) is 0 Å². The van der Waals surface area contributed by atoms with Gasteiger partial charge in [-0.15, -0.1) is 0 Å². The first-order valence-corrected chi connectivity index (χ1v) is 5.19. The fourth-order valence-corrected chi connectivity index (χ4v) is 1.21. The zero-order valence-electron chi connectivity index (χ0n) is 6.67. The van der Waals surface area contributed by atoms with Crippen LogP contribution in [0.4, 0.5) is 4.79 Å². The van der Waals surface area contributed by atoms with Crippen LogP contribution in [0.2, 0.25) is 0 Å². The molecule has 13 heteroatoms. The Morgan fingerprint density at radius 3 is 1.36 bits per heavy atom. The molecule has 0 aliphatic rings. The minimum absolute atomic E-state index is 0. The largest absolute Gasteiger partial charge is 1.00 e. The van der Waals surface area contributed by atoms with Gasteiger partial charge in [-0.3, -0.25) is 4.57 Å². The topological polar surface area (TPSA) is 185 Å². The molecular formula is CH5NaO10P2. The molecule has 0 aromatic carbocycles. The van der Waals surface area contributed by atoms with E-state index in [1.54, 1.807) is 0 Å². The number of carbonyl (C=O) groups is 1. The summed E-state index contributed by atoms with van der Waals surface area (Å²) in [6, 6.07) is 0. The fourth-order valence-electron chi connectivity index (χ4n) is 0.134. The molecule has 0 radical (unpaired) electrons. The van der Waals surface area contributed by atoms with Gasteiger partial charge in [0.1, 0.15) is 0 Å². The van der Waals surface area contributed by atoms with Crippen LogP contribution in [0.15, 0.2) is 0 Å². The summed E-state index contributed by atoms with van der Waals surface area (Å²) in [5.74, 6) is 0. The second-order valence-corrected chi connectivity index (χ2v) is 3.89. The van der Waals surface area contributed by atoms with E-state index in [9.17, 15) is 14.0 Å². The summed E-state index contributed by atoms with van der Waals surface area (Å²) >= 11 is 0. The van der Waals surface area contributed by atoms with E-state index in [2.05, 4.69) is 4.31 Å². The summed E-state index contributed by atoms with van der Waals surface area (Å²) in [5.41, 5.74) is 0. The van der Waals surface area contributed by atoms with Crippen LogP contribution in [-0.2, 0) is 13.4 Å². The van der Waals surface area contributed by atoms with E-state index in [4.69, 9.17) is 29.7 Å². The molecule has 0 rings (SSSR count). The molecular weight excluding hydrogens is 257 g/mol. The standard InChI is InChI=1S/CH2O3.Na.H4O7P2/c2-1(3)4;;1-8(2,3)7-9(4,5)6/h(H2,2,3,4);;(H2,1,2,3)(H2,4,5,6)/q;+1;/p-1. The minimum Gasteiger partial charge on any atom is -0.756 e. The maximum absolute atomic E-state index is 9.59. The number of rotatable bonds is 2. The number of hydrogen-bond acceptors (Lipinski definition) is 5. The third-order valence-corrected chi connectivity index (χ3v) is 1.89. The van der Waals surface area contributed by atoms with Crippen molar-refractivity contribution in [1.29, 1.82) is 0 Å². The van der Waals surface area contributed by atoms with Gasteiger partial charge in [0, 0.05) is 0 Å². The molecule has 1 atom stereocenters. The molecule has 10 nitrogen and oxygen atoms in total. The molecule has 0 aliphatic heterocycles. The van der Waals surface area contributed by atoms with E-state index < -0.39 is 21.8 Å². The Labute approximate surface area is 99.3 Å². The van der Waals surface area contributed by atoms with Crippen molar-refractivity contribution < 1.29 is 77.6 Å². The SMILES string of the molecule is O=C(O)O.O=P([O-])(O)OP(=O)(O)O.[Na+].